The molecule has 0 aliphatic heterocycles. The predicted octanol–water partition coefficient (Wildman–Crippen LogP) is 0.807. The van der Waals surface area contributed by atoms with Gasteiger partial charge in [0.1, 0.15) is 12.4 Å². The summed E-state index contributed by atoms with van der Waals surface area (Å²) in [6, 6.07) is 6.06. The molecule has 5 nitrogen and oxygen atoms in total. The number of rotatable bonds is 7. The largest absolute Gasteiger partial charge is 0.491 e. The van der Waals surface area contributed by atoms with Gasteiger partial charge in [-0.25, -0.2) is 0 Å². The quantitative estimate of drug-likeness (QED) is 0.379. The van der Waals surface area contributed by atoms with Crippen molar-refractivity contribution in [3.63, 3.8) is 0 Å². The normalized spacial score (nSPS) is 13.4. The molecule has 0 spiro atoms. The van der Waals surface area contributed by atoms with E-state index < -0.39 is 11.4 Å². The molecule has 96 valence electrons. The van der Waals surface area contributed by atoms with Crippen LogP contribution in [0.5, 0.6) is 5.75 Å². The van der Waals surface area contributed by atoms with E-state index in [4.69, 9.17) is 15.3 Å². The highest BCUT2D eigenvalue weighted by molar-refractivity contribution is 6.13. The zero-order chi connectivity index (χ0) is 13.6. The summed E-state index contributed by atoms with van der Waals surface area (Å²) in [5, 5.41) is 25.4. The van der Waals surface area contributed by atoms with E-state index in [2.05, 4.69) is 6.58 Å². The van der Waals surface area contributed by atoms with Gasteiger partial charge in [-0.1, -0.05) is 6.58 Å². The third-order valence-electron chi connectivity index (χ3n) is 2.37. The predicted molar refractivity (Wildman–Crippen MR) is 67.3 cm³/mol. The number of hydrogen-bond acceptors (Lipinski definition) is 5. The lowest BCUT2D eigenvalue weighted by atomic mass is 9.94. The van der Waals surface area contributed by atoms with Gasteiger partial charge in [0.05, 0.1) is 6.61 Å². The van der Waals surface area contributed by atoms with Gasteiger partial charge >= 0.3 is 0 Å². The first-order chi connectivity index (χ1) is 8.57. The Morgan fingerprint density at radius 2 is 2.06 bits per heavy atom. The summed E-state index contributed by atoms with van der Waals surface area (Å²) in [5.41, 5.74) is -1.73. The third-order valence-corrected chi connectivity index (χ3v) is 2.37. The van der Waals surface area contributed by atoms with Crippen LogP contribution in [0.1, 0.15) is 10.4 Å². The van der Waals surface area contributed by atoms with Crippen LogP contribution in [0, 0.1) is 5.41 Å². The molecule has 1 rings (SSSR count). The molecule has 1 aromatic carbocycles. The van der Waals surface area contributed by atoms with Crippen LogP contribution >= 0.6 is 0 Å². The zero-order valence-corrected chi connectivity index (χ0v) is 9.80. The van der Waals surface area contributed by atoms with E-state index >= 15 is 0 Å². The SMILES string of the molecule is C=CC(O)(C=N)C(=O)c1ccc(OCCO)cc1. The van der Waals surface area contributed by atoms with Crippen LogP contribution in [-0.4, -0.2) is 41.0 Å². The van der Waals surface area contributed by atoms with Crippen LogP contribution < -0.4 is 4.74 Å². The number of ketones is 1. The van der Waals surface area contributed by atoms with Crippen LogP contribution in [0.15, 0.2) is 36.9 Å². The number of Topliss-reactive ketones (excluding diaryl/α,β-unsaturated/α-hetero) is 1. The number of aliphatic hydroxyl groups excluding tert-OH is 1. The van der Waals surface area contributed by atoms with Crippen LogP contribution in [-0.2, 0) is 0 Å². The van der Waals surface area contributed by atoms with Crippen LogP contribution in [0.4, 0.5) is 0 Å². The van der Waals surface area contributed by atoms with Gasteiger partial charge in [-0.05, 0) is 30.3 Å². The Morgan fingerprint density at radius 3 is 2.50 bits per heavy atom. The van der Waals surface area contributed by atoms with Crippen molar-refractivity contribution < 1.29 is 19.7 Å². The lowest BCUT2D eigenvalue weighted by Crippen LogP contribution is -2.37. The monoisotopic (exact) mass is 249 g/mol. The van der Waals surface area contributed by atoms with E-state index in [1.54, 1.807) is 12.1 Å². The molecule has 3 N–H and O–H groups in total. The number of aliphatic hydroxyl groups is 2. The summed E-state index contributed by atoms with van der Waals surface area (Å²) in [6.45, 7) is 3.41. The number of nitrogens with one attached hydrogen (secondary N) is 1. The second-order valence-electron chi connectivity index (χ2n) is 3.60. The number of hydrogen-bond donors (Lipinski definition) is 3. The molecular weight excluding hydrogens is 234 g/mol. The van der Waals surface area contributed by atoms with E-state index in [-0.39, 0.29) is 18.8 Å². The summed E-state index contributed by atoms with van der Waals surface area (Å²) in [4.78, 5) is 11.9. The molecule has 0 amide bonds. The van der Waals surface area contributed by atoms with E-state index in [0.29, 0.717) is 12.0 Å². The van der Waals surface area contributed by atoms with Crippen molar-refractivity contribution in [2.45, 2.75) is 5.60 Å². The van der Waals surface area contributed by atoms with Gasteiger partial charge in [-0.15, -0.1) is 0 Å². The van der Waals surface area contributed by atoms with Crippen molar-refractivity contribution in [1.82, 2.24) is 0 Å². The molecule has 18 heavy (non-hydrogen) atoms. The van der Waals surface area contributed by atoms with E-state index in [1.165, 1.54) is 12.1 Å². The van der Waals surface area contributed by atoms with Gasteiger partial charge < -0.3 is 20.4 Å². The van der Waals surface area contributed by atoms with Crippen molar-refractivity contribution >= 4 is 12.0 Å². The Labute approximate surface area is 105 Å². The fourth-order valence-corrected chi connectivity index (χ4v) is 1.31. The summed E-state index contributed by atoms with van der Waals surface area (Å²) in [5.74, 6) is -0.112. The Balaban J connectivity index is 2.88. The molecule has 0 saturated carbocycles. The highest BCUT2D eigenvalue weighted by atomic mass is 16.5. The topological polar surface area (TPSA) is 90.6 Å². The van der Waals surface area contributed by atoms with E-state index in [9.17, 15) is 9.90 Å². The van der Waals surface area contributed by atoms with Gasteiger partial charge in [0.2, 0.25) is 5.78 Å². The lowest BCUT2D eigenvalue weighted by molar-refractivity contribution is 0.0728. The van der Waals surface area contributed by atoms with Gasteiger partial charge in [0.25, 0.3) is 0 Å². The van der Waals surface area contributed by atoms with E-state index in [1.807, 2.05) is 0 Å². The van der Waals surface area contributed by atoms with Crippen molar-refractivity contribution in [3.05, 3.63) is 42.5 Å². The van der Waals surface area contributed by atoms with Crippen molar-refractivity contribution in [2.24, 2.45) is 0 Å². The molecule has 0 saturated heterocycles. The van der Waals surface area contributed by atoms with Gasteiger partial charge in [-0.3, -0.25) is 4.79 Å². The molecule has 1 atom stereocenters. The molecule has 5 heteroatoms. The molecule has 1 aromatic rings. The Hall–Kier alpha value is -1.98. The van der Waals surface area contributed by atoms with Crippen molar-refractivity contribution in [1.29, 1.82) is 5.41 Å². The number of carbonyl (C=O) groups is 1. The molecule has 0 aliphatic carbocycles. The second-order valence-corrected chi connectivity index (χ2v) is 3.60. The van der Waals surface area contributed by atoms with E-state index in [0.717, 1.165) is 6.08 Å². The van der Waals surface area contributed by atoms with Crippen molar-refractivity contribution in [3.8, 4) is 5.75 Å². The maximum absolute atomic E-state index is 11.9. The zero-order valence-electron chi connectivity index (χ0n) is 9.80. The fraction of sp³-hybridized carbons (Fsp3) is 0.231. The molecule has 0 bridgehead atoms. The van der Waals surface area contributed by atoms with Gasteiger partial charge in [0.15, 0.2) is 5.60 Å². The molecule has 0 radical (unpaired) electrons. The maximum atomic E-state index is 11.9. The number of carbonyl (C=O) groups excluding carboxylic acids is 1. The molecule has 1 unspecified atom stereocenters. The second kappa shape index (κ2) is 6.09. The Kier molecular flexibility index (Phi) is 4.76. The molecule has 0 aromatic heterocycles. The smallest absolute Gasteiger partial charge is 0.203 e. The average molecular weight is 249 g/mol. The average Bonchev–Trinajstić information content (AvgIpc) is 2.44. The first-order valence-electron chi connectivity index (χ1n) is 5.33. The first kappa shape index (κ1) is 14.1. The minimum absolute atomic E-state index is 0.0926. The minimum atomic E-state index is -1.98. The number of benzene rings is 1. The summed E-state index contributed by atoms with van der Waals surface area (Å²) < 4.78 is 5.14. The maximum Gasteiger partial charge on any atom is 0.203 e. The van der Waals surface area contributed by atoms with Crippen molar-refractivity contribution in [2.75, 3.05) is 13.2 Å². The minimum Gasteiger partial charge on any atom is -0.491 e. The van der Waals surface area contributed by atoms with Crippen LogP contribution in [0.25, 0.3) is 0 Å². The molecule has 0 heterocycles. The third kappa shape index (κ3) is 3.03. The van der Waals surface area contributed by atoms with Gasteiger partial charge in [-0.2, -0.15) is 0 Å². The fourth-order valence-electron chi connectivity index (χ4n) is 1.31. The molecular formula is C13H15NO4. The van der Waals surface area contributed by atoms with Gasteiger partial charge in [0, 0.05) is 11.8 Å². The van der Waals surface area contributed by atoms with Crippen LogP contribution in [0.3, 0.4) is 0 Å². The molecule has 0 aliphatic rings. The molecule has 0 fully saturated rings. The number of ether oxygens (including phenoxy) is 1. The summed E-state index contributed by atoms with van der Waals surface area (Å²) >= 11 is 0. The Bertz CT molecular complexity index is 431. The highest BCUT2D eigenvalue weighted by Crippen LogP contribution is 2.17. The highest BCUT2D eigenvalue weighted by Gasteiger charge is 2.30. The summed E-state index contributed by atoms with van der Waals surface area (Å²) in [6.07, 6.45) is 1.65. The summed E-state index contributed by atoms with van der Waals surface area (Å²) in [7, 11) is 0. The standard InChI is InChI=1S/C13H15NO4/c1-2-13(17,9-14)12(16)10-3-5-11(6-4-10)18-8-7-15/h2-6,9,14-15,17H,1,7-8H2. The first-order valence-corrected chi connectivity index (χ1v) is 5.33. The van der Waals surface area contributed by atoms with Crippen LogP contribution in [0.2, 0.25) is 0 Å². The lowest BCUT2D eigenvalue weighted by Gasteiger charge is -2.17. The Morgan fingerprint density at radius 1 is 1.44 bits per heavy atom.